The van der Waals surface area contributed by atoms with Gasteiger partial charge in [-0.1, -0.05) is 6.07 Å². The zero-order valence-electron chi connectivity index (χ0n) is 15.6. The third-order valence-electron chi connectivity index (χ3n) is 4.68. The molecule has 7 nitrogen and oxygen atoms in total. The van der Waals surface area contributed by atoms with Crippen LogP contribution in [-0.2, 0) is 6.54 Å². The van der Waals surface area contributed by atoms with Crippen LogP contribution >= 0.6 is 22.6 Å². The summed E-state index contributed by atoms with van der Waals surface area (Å²) < 4.78 is 34.1. The van der Waals surface area contributed by atoms with E-state index in [2.05, 4.69) is 32.9 Å². The Bertz CT molecular complexity index is 1360. The molecule has 0 fully saturated rings. The fourth-order valence-corrected chi connectivity index (χ4v) is 3.91. The second kappa shape index (κ2) is 7.67. The summed E-state index contributed by atoms with van der Waals surface area (Å²) in [6.45, 7) is 0.975. The van der Waals surface area contributed by atoms with Gasteiger partial charge in [-0.05, 0) is 59.3 Å². The number of hydrogen-bond donors (Lipinski definition) is 2. The number of alkyl halides is 2. The number of amides is 1. The van der Waals surface area contributed by atoms with Crippen molar-refractivity contribution in [1.29, 1.82) is 0 Å². The molecule has 2 heterocycles. The van der Waals surface area contributed by atoms with Crippen LogP contribution in [0.1, 0.15) is 15.9 Å². The summed E-state index contributed by atoms with van der Waals surface area (Å²) in [5.74, 6) is -0.676. The zero-order chi connectivity index (χ0) is 21.6. The van der Waals surface area contributed by atoms with E-state index in [0.29, 0.717) is 27.7 Å². The molecule has 0 radical (unpaired) electrons. The minimum Gasteiger partial charge on any atom is -0.422 e. The van der Waals surface area contributed by atoms with Gasteiger partial charge in [0.1, 0.15) is 11.1 Å². The zero-order valence-corrected chi connectivity index (χ0v) is 17.7. The monoisotopic (exact) mass is 524 g/mol. The van der Waals surface area contributed by atoms with E-state index in [1.54, 1.807) is 19.1 Å². The highest BCUT2D eigenvalue weighted by atomic mass is 127. The van der Waals surface area contributed by atoms with E-state index < -0.39 is 24.5 Å². The first-order valence-electron chi connectivity index (χ1n) is 8.83. The van der Waals surface area contributed by atoms with Crippen molar-refractivity contribution >= 4 is 62.1 Å². The third-order valence-corrected chi connectivity index (χ3v) is 5.35. The number of imidazole rings is 1. The van der Waals surface area contributed by atoms with Crippen molar-refractivity contribution in [3.8, 4) is 0 Å². The molecular weight excluding hydrogens is 509 g/mol. The summed E-state index contributed by atoms with van der Waals surface area (Å²) in [6.07, 6.45) is -2.62. The van der Waals surface area contributed by atoms with Gasteiger partial charge in [-0.3, -0.25) is 4.79 Å². The molecule has 0 saturated heterocycles. The molecule has 2 aromatic carbocycles. The van der Waals surface area contributed by atoms with Crippen molar-refractivity contribution < 1.29 is 18.0 Å². The summed E-state index contributed by atoms with van der Waals surface area (Å²) in [7, 11) is 0. The van der Waals surface area contributed by atoms with Crippen LogP contribution in [0.2, 0.25) is 0 Å². The number of anilines is 2. The predicted octanol–water partition coefficient (Wildman–Crippen LogP) is 4.16. The van der Waals surface area contributed by atoms with E-state index in [4.69, 9.17) is 10.2 Å². The Morgan fingerprint density at radius 2 is 2.10 bits per heavy atom. The van der Waals surface area contributed by atoms with Crippen molar-refractivity contribution in [2.45, 2.75) is 19.9 Å². The second-order valence-corrected chi connectivity index (χ2v) is 7.91. The lowest BCUT2D eigenvalue weighted by Crippen LogP contribution is -2.22. The molecule has 30 heavy (non-hydrogen) atoms. The van der Waals surface area contributed by atoms with Gasteiger partial charge in [-0.2, -0.15) is 0 Å². The molecule has 0 saturated carbocycles. The molecule has 0 aliphatic carbocycles. The van der Waals surface area contributed by atoms with Crippen LogP contribution in [0.25, 0.3) is 22.0 Å². The van der Waals surface area contributed by atoms with Gasteiger partial charge in [0.25, 0.3) is 12.3 Å². The van der Waals surface area contributed by atoms with Gasteiger partial charge in [0, 0.05) is 20.7 Å². The molecule has 4 aromatic rings. The van der Waals surface area contributed by atoms with Crippen molar-refractivity contribution in [2.24, 2.45) is 5.73 Å². The molecule has 3 N–H and O–H groups in total. The van der Waals surface area contributed by atoms with Gasteiger partial charge < -0.3 is 20.0 Å². The van der Waals surface area contributed by atoms with Crippen LogP contribution in [0.15, 0.2) is 45.6 Å². The number of nitrogens with one attached hydrogen (secondary N) is 1. The molecule has 0 spiro atoms. The first-order chi connectivity index (χ1) is 14.2. The molecule has 0 aliphatic rings. The number of primary amides is 1. The number of nitrogens with two attached hydrogens (primary N) is 1. The largest absolute Gasteiger partial charge is 0.422 e. The van der Waals surface area contributed by atoms with E-state index in [0.717, 1.165) is 3.57 Å². The predicted molar refractivity (Wildman–Crippen MR) is 117 cm³/mol. The van der Waals surface area contributed by atoms with Crippen LogP contribution in [-0.4, -0.2) is 21.9 Å². The maximum absolute atomic E-state index is 13.3. The molecule has 1 amide bonds. The quantitative estimate of drug-likeness (QED) is 0.302. The van der Waals surface area contributed by atoms with Crippen LogP contribution in [0.4, 0.5) is 20.4 Å². The highest BCUT2D eigenvalue weighted by Gasteiger charge is 2.20. The summed E-state index contributed by atoms with van der Waals surface area (Å²) in [5, 5.41) is 3.52. The Balaban J connectivity index is 1.96. The Morgan fingerprint density at radius 3 is 2.77 bits per heavy atom. The van der Waals surface area contributed by atoms with Gasteiger partial charge in [0.15, 0.2) is 0 Å². The fourth-order valence-electron chi connectivity index (χ4n) is 3.37. The average molecular weight is 524 g/mol. The highest BCUT2D eigenvalue weighted by Crippen LogP contribution is 2.30. The molecule has 0 atom stereocenters. The van der Waals surface area contributed by atoms with Crippen molar-refractivity contribution in [3.05, 3.63) is 61.5 Å². The van der Waals surface area contributed by atoms with E-state index in [9.17, 15) is 18.4 Å². The number of hydrogen-bond acceptors (Lipinski definition) is 5. The van der Waals surface area contributed by atoms with Crippen LogP contribution < -0.4 is 16.7 Å². The molecule has 2 aromatic heterocycles. The SMILES string of the molecule is Cc1c(C(N)=O)c(=O)oc2cc3c(cc12)nc(Nc1cccc(I)c1)n3CC(F)F. The molecular formula is C20H15F2IN4O3. The van der Waals surface area contributed by atoms with Gasteiger partial charge >= 0.3 is 5.63 Å². The highest BCUT2D eigenvalue weighted by molar-refractivity contribution is 14.1. The number of halogens is 3. The summed E-state index contributed by atoms with van der Waals surface area (Å²) >= 11 is 2.15. The lowest BCUT2D eigenvalue weighted by atomic mass is 10.1. The Hall–Kier alpha value is -3.02. The van der Waals surface area contributed by atoms with Crippen LogP contribution in [0.5, 0.6) is 0 Å². The van der Waals surface area contributed by atoms with Crippen LogP contribution in [0.3, 0.4) is 0 Å². The van der Waals surface area contributed by atoms with E-state index in [1.807, 2.05) is 18.2 Å². The van der Waals surface area contributed by atoms with Gasteiger partial charge in [-0.25, -0.2) is 18.6 Å². The number of benzene rings is 2. The lowest BCUT2D eigenvalue weighted by molar-refractivity contribution is 0.0996. The maximum Gasteiger partial charge on any atom is 0.349 e. The molecule has 10 heteroatoms. The Morgan fingerprint density at radius 1 is 1.33 bits per heavy atom. The van der Waals surface area contributed by atoms with Gasteiger partial charge in [-0.15, -0.1) is 0 Å². The molecule has 0 unspecified atom stereocenters. The standard InChI is InChI=1S/C20H15F2IN4O3/c1-9-12-6-13-14(7-15(12)30-19(29)17(9)18(24)28)27(8-16(21)22)20(26-13)25-11-4-2-3-10(23)5-11/h2-7,16H,8H2,1H3,(H2,24,28)(H,25,26). The number of carbonyl (C=O) groups is 1. The van der Waals surface area contributed by atoms with Gasteiger partial charge in [0.05, 0.1) is 17.6 Å². The first-order valence-corrected chi connectivity index (χ1v) is 9.90. The average Bonchev–Trinajstić information content (AvgIpc) is 2.96. The molecule has 0 bridgehead atoms. The fraction of sp³-hybridized carbons (Fsp3) is 0.150. The topological polar surface area (TPSA) is 103 Å². The van der Waals surface area contributed by atoms with E-state index in [-0.39, 0.29) is 17.1 Å². The summed E-state index contributed by atoms with van der Waals surface area (Å²) in [4.78, 5) is 28.2. The number of rotatable bonds is 5. The number of aromatic nitrogens is 2. The number of fused-ring (bicyclic) bond motifs is 2. The van der Waals surface area contributed by atoms with Gasteiger partial charge in [0.2, 0.25) is 5.95 Å². The minimum absolute atomic E-state index is 0.159. The van der Waals surface area contributed by atoms with Crippen molar-refractivity contribution in [1.82, 2.24) is 9.55 Å². The molecule has 0 aliphatic heterocycles. The summed E-state index contributed by atoms with van der Waals surface area (Å²) in [6, 6.07) is 10.5. The Labute approximate surface area is 182 Å². The number of nitrogens with zero attached hydrogens (tertiary/aromatic N) is 2. The lowest BCUT2D eigenvalue weighted by Gasteiger charge is -2.11. The first kappa shape index (κ1) is 20.3. The summed E-state index contributed by atoms with van der Waals surface area (Å²) in [5.41, 5.74) is 6.15. The smallest absolute Gasteiger partial charge is 0.349 e. The third kappa shape index (κ3) is 3.62. The molecule has 154 valence electrons. The second-order valence-electron chi connectivity index (χ2n) is 6.66. The van der Waals surface area contributed by atoms with E-state index >= 15 is 0 Å². The number of carbonyl (C=O) groups excluding carboxylic acids is 1. The Kier molecular flexibility index (Phi) is 5.18. The molecule has 4 rings (SSSR count). The minimum atomic E-state index is -2.62. The van der Waals surface area contributed by atoms with E-state index in [1.165, 1.54) is 10.6 Å². The normalized spacial score (nSPS) is 11.5. The number of aryl methyl sites for hydroxylation is 1. The van der Waals surface area contributed by atoms with Crippen molar-refractivity contribution in [2.75, 3.05) is 5.32 Å². The maximum atomic E-state index is 13.3. The van der Waals surface area contributed by atoms with Crippen molar-refractivity contribution in [3.63, 3.8) is 0 Å². The van der Waals surface area contributed by atoms with Crippen LogP contribution in [0, 0.1) is 10.5 Å².